The molecular formula is C21H25F6N5O. The van der Waals surface area contributed by atoms with Crippen LogP contribution in [0.4, 0.5) is 38.1 Å². The number of aromatic nitrogens is 3. The fourth-order valence-corrected chi connectivity index (χ4v) is 3.89. The van der Waals surface area contributed by atoms with Crippen LogP contribution in [0.1, 0.15) is 55.5 Å². The second kappa shape index (κ2) is 8.96. The Morgan fingerprint density at radius 2 is 1.70 bits per heavy atom. The number of pyridine rings is 1. The molecule has 3 rings (SSSR count). The molecule has 1 fully saturated rings. The molecule has 0 amide bonds. The molecule has 182 valence electrons. The van der Waals surface area contributed by atoms with Gasteiger partial charge in [0.05, 0.1) is 11.7 Å². The molecule has 2 aromatic heterocycles. The predicted molar refractivity (Wildman–Crippen MR) is 109 cm³/mol. The first-order valence-electron chi connectivity index (χ1n) is 10.3. The first-order chi connectivity index (χ1) is 15.2. The van der Waals surface area contributed by atoms with Gasteiger partial charge in [-0.15, -0.1) is 0 Å². The Bertz CT molecular complexity index is 992. The van der Waals surface area contributed by atoms with Gasteiger partial charge in [-0.1, -0.05) is 13.8 Å². The zero-order valence-electron chi connectivity index (χ0n) is 18.3. The molecule has 1 unspecified atom stereocenters. The zero-order chi connectivity index (χ0) is 24.6. The number of aliphatic hydroxyl groups excluding tert-OH is 1. The maximum absolute atomic E-state index is 13.5. The van der Waals surface area contributed by atoms with Crippen molar-refractivity contribution in [3.05, 3.63) is 40.8 Å². The molecule has 1 saturated carbocycles. The monoisotopic (exact) mass is 477 g/mol. The lowest BCUT2D eigenvalue weighted by molar-refractivity contribution is -0.138. The number of halogens is 6. The van der Waals surface area contributed by atoms with Gasteiger partial charge in [0, 0.05) is 36.2 Å². The van der Waals surface area contributed by atoms with Crippen molar-refractivity contribution in [2.75, 3.05) is 10.6 Å². The van der Waals surface area contributed by atoms with E-state index in [1.54, 1.807) is 0 Å². The molecule has 1 aliphatic carbocycles. The Kier molecular flexibility index (Phi) is 6.79. The molecule has 2 atom stereocenters. The van der Waals surface area contributed by atoms with Crippen LogP contribution in [0.5, 0.6) is 0 Å². The van der Waals surface area contributed by atoms with Gasteiger partial charge in [0.15, 0.2) is 0 Å². The molecule has 2 aromatic rings. The Balaban J connectivity index is 1.84. The second-order valence-corrected chi connectivity index (χ2v) is 8.91. The number of alkyl halides is 6. The van der Waals surface area contributed by atoms with Crippen molar-refractivity contribution in [3.8, 4) is 0 Å². The van der Waals surface area contributed by atoms with E-state index < -0.39 is 40.8 Å². The number of hydrogen-bond acceptors (Lipinski definition) is 6. The van der Waals surface area contributed by atoms with Crippen molar-refractivity contribution in [3.63, 3.8) is 0 Å². The van der Waals surface area contributed by atoms with Crippen LogP contribution >= 0.6 is 0 Å². The molecule has 0 radical (unpaired) electrons. The summed E-state index contributed by atoms with van der Waals surface area (Å²) in [6.07, 6.45) is -6.97. The number of rotatable bonds is 5. The van der Waals surface area contributed by atoms with E-state index in [9.17, 15) is 31.4 Å². The summed E-state index contributed by atoms with van der Waals surface area (Å²) in [5.74, 6) is -0.718. The van der Waals surface area contributed by atoms with Gasteiger partial charge in [-0.3, -0.25) is 4.98 Å². The summed E-state index contributed by atoms with van der Waals surface area (Å²) in [7, 11) is 0. The minimum absolute atomic E-state index is 0.184. The summed E-state index contributed by atoms with van der Waals surface area (Å²) in [5, 5.41) is 15.5. The normalized spacial score (nSPS) is 21.0. The van der Waals surface area contributed by atoms with Gasteiger partial charge in [-0.25, -0.2) is 4.98 Å². The van der Waals surface area contributed by atoms with Gasteiger partial charge >= 0.3 is 12.4 Å². The number of anilines is 2. The van der Waals surface area contributed by atoms with Gasteiger partial charge < -0.3 is 15.7 Å². The molecule has 33 heavy (non-hydrogen) atoms. The van der Waals surface area contributed by atoms with E-state index in [1.165, 1.54) is 6.92 Å². The van der Waals surface area contributed by atoms with Gasteiger partial charge in [0.1, 0.15) is 11.4 Å². The SMILES string of the molecule is Cc1cc(C(F)(F)F)c(CNc2ncc(C(F)(F)F)c(NC3CC[C@H](O)C(C)(C)C3)n2)cn1. The van der Waals surface area contributed by atoms with Crippen LogP contribution in [0, 0.1) is 12.3 Å². The number of aliphatic hydroxyl groups is 1. The lowest BCUT2D eigenvalue weighted by Gasteiger charge is -2.40. The zero-order valence-corrected chi connectivity index (χ0v) is 18.3. The third-order valence-electron chi connectivity index (χ3n) is 5.76. The third kappa shape index (κ3) is 6.04. The highest BCUT2D eigenvalue weighted by Crippen LogP contribution is 2.39. The smallest absolute Gasteiger partial charge is 0.393 e. The first-order valence-corrected chi connectivity index (χ1v) is 10.3. The highest BCUT2D eigenvalue weighted by atomic mass is 19.4. The maximum atomic E-state index is 13.5. The average Bonchev–Trinajstić information content (AvgIpc) is 2.68. The summed E-state index contributed by atoms with van der Waals surface area (Å²) < 4.78 is 80.5. The minimum atomic E-state index is -4.73. The largest absolute Gasteiger partial charge is 0.421 e. The summed E-state index contributed by atoms with van der Waals surface area (Å²) in [6, 6.07) is 0.530. The first kappa shape index (κ1) is 25.0. The quantitative estimate of drug-likeness (QED) is 0.515. The van der Waals surface area contributed by atoms with Crippen molar-refractivity contribution >= 4 is 11.8 Å². The highest BCUT2D eigenvalue weighted by molar-refractivity contribution is 5.50. The molecule has 0 spiro atoms. The van der Waals surface area contributed by atoms with Crippen LogP contribution in [0.3, 0.4) is 0 Å². The van der Waals surface area contributed by atoms with Crippen LogP contribution < -0.4 is 10.6 Å². The summed E-state index contributed by atoms with van der Waals surface area (Å²) in [6.45, 7) is 4.71. The number of nitrogens with zero attached hydrogens (tertiary/aromatic N) is 3. The molecule has 1 aliphatic rings. The maximum Gasteiger partial charge on any atom is 0.421 e. The van der Waals surface area contributed by atoms with Gasteiger partial charge in [-0.05, 0) is 37.7 Å². The molecule has 0 saturated heterocycles. The van der Waals surface area contributed by atoms with Crippen molar-refractivity contribution in [2.24, 2.45) is 5.41 Å². The van der Waals surface area contributed by atoms with E-state index in [0.717, 1.165) is 12.3 Å². The molecule has 0 aliphatic heterocycles. The fraction of sp³-hybridized carbons (Fsp3) is 0.571. The van der Waals surface area contributed by atoms with Crippen LogP contribution in [-0.4, -0.2) is 32.2 Å². The van der Waals surface area contributed by atoms with Crippen LogP contribution in [-0.2, 0) is 18.9 Å². The molecule has 2 heterocycles. The molecule has 12 heteroatoms. The lowest BCUT2D eigenvalue weighted by atomic mass is 9.73. The Morgan fingerprint density at radius 3 is 2.30 bits per heavy atom. The van der Waals surface area contributed by atoms with E-state index in [0.29, 0.717) is 25.5 Å². The van der Waals surface area contributed by atoms with Crippen LogP contribution in [0.2, 0.25) is 0 Å². The molecule has 0 bridgehead atoms. The Morgan fingerprint density at radius 1 is 1.03 bits per heavy atom. The van der Waals surface area contributed by atoms with Gasteiger partial charge in [-0.2, -0.15) is 31.3 Å². The number of aryl methyl sites for hydroxylation is 1. The van der Waals surface area contributed by atoms with Crippen LogP contribution in [0.15, 0.2) is 18.5 Å². The van der Waals surface area contributed by atoms with E-state index in [2.05, 4.69) is 25.6 Å². The molecule has 3 N–H and O–H groups in total. The lowest BCUT2D eigenvalue weighted by Crippen LogP contribution is -2.41. The standard InChI is InChI=1S/C21H25F6N5O/c1-11-6-14(20(22,23)24)12(8-28-11)9-29-18-30-10-15(21(25,26)27)17(32-18)31-13-4-5-16(33)19(2,3)7-13/h6,8,10,13,16,33H,4-5,7,9H2,1-3H3,(H2,29,30,31,32)/t13?,16-/m0/s1. The Labute approximate surface area is 186 Å². The molecular weight excluding hydrogens is 452 g/mol. The summed E-state index contributed by atoms with van der Waals surface area (Å²) in [4.78, 5) is 11.4. The van der Waals surface area contributed by atoms with E-state index in [1.807, 2.05) is 13.8 Å². The van der Waals surface area contributed by atoms with Crippen molar-refractivity contribution < 1.29 is 31.4 Å². The van der Waals surface area contributed by atoms with Gasteiger partial charge in [0.2, 0.25) is 5.95 Å². The fourth-order valence-electron chi connectivity index (χ4n) is 3.89. The molecule has 6 nitrogen and oxygen atoms in total. The third-order valence-corrected chi connectivity index (χ3v) is 5.76. The second-order valence-electron chi connectivity index (χ2n) is 8.91. The predicted octanol–water partition coefficient (Wildman–Crippen LogP) is 5.18. The van der Waals surface area contributed by atoms with Crippen LogP contribution in [0.25, 0.3) is 0 Å². The number of hydrogen-bond donors (Lipinski definition) is 3. The number of nitrogens with one attached hydrogen (secondary N) is 2. The topological polar surface area (TPSA) is 83.0 Å². The Hall–Kier alpha value is -2.63. The highest BCUT2D eigenvalue weighted by Gasteiger charge is 2.39. The van der Waals surface area contributed by atoms with Crippen molar-refractivity contribution in [1.29, 1.82) is 0 Å². The average molecular weight is 477 g/mol. The minimum Gasteiger partial charge on any atom is -0.393 e. The van der Waals surface area contributed by atoms with Crippen molar-refractivity contribution in [1.82, 2.24) is 15.0 Å². The summed E-state index contributed by atoms with van der Waals surface area (Å²) >= 11 is 0. The van der Waals surface area contributed by atoms with Crippen molar-refractivity contribution in [2.45, 2.75) is 71.1 Å². The van der Waals surface area contributed by atoms with E-state index in [-0.39, 0.29) is 29.8 Å². The van der Waals surface area contributed by atoms with E-state index >= 15 is 0 Å². The van der Waals surface area contributed by atoms with Gasteiger partial charge in [0.25, 0.3) is 0 Å². The summed E-state index contributed by atoms with van der Waals surface area (Å²) in [5.41, 5.74) is -2.46. The van der Waals surface area contributed by atoms with E-state index in [4.69, 9.17) is 0 Å². The molecule has 0 aromatic carbocycles.